The van der Waals surface area contributed by atoms with Crippen LogP contribution in [0.2, 0.25) is 0 Å². The van der Waals surface area contributed by atoms with E-state index in [0.29, 0.717) is 5.92 Å². The van der Waals surface area contributed by atoms with E-state index in [-0.39, 0.29) is 6.10 Å². The molecule has 6 nitrogen and oxygen atoms in total. The Morgan fingerprint density at radius 1 is 1.17 bits per heavy atom. The van der Waals surface area contributed by atoms with E-state index < -0.39 is 0 Å². The molecule has 29 heavy (non-hydrogen) atoms. The van der Waals surface area contributed by atoms with Crippen molar-refractivity contribution < 1.29 is 4.74 Å². The number of hydrogen-bond acceptors (Lipinski definition) is 3. The Morgan fingerprint density at radius 3 is 2.66 bits per heavy atom. The van der Waals surface area contributed by atoms with E-state index in [0.717, 1.165) is 57.4 Å². The smallest absolute Gasteiger partial charge is 0.191 e. The van der Waals surface area contributed by atoms with Crippen LogP contribution < -0.4 is 10.6 Å². The van der Waals surface area contributed by atoms with Crippen molar-refractivity contribution in [2.24, 2.45) is 10.9 Å². The first-order valence-corrected chi connectivity index (χ1v) is 10.8. The Hall–Kier alpha value is -2.34. The molecule has 1 aromatic carbocycles. The van der Waals surface area contributed by atoms with E-state index in [1.54, 1.807) is 0 Å². The predicted molar refractivity (Wildman–Crippen MR) is 120 cm³/mol. The van der Waals surface area contributed by atoms with E-state index in [1.807, 2.05) is 25.4 Å². The molecule has 0 saturated heterocycles. The fourth-order valence-corrected chi connectivity index (χ4v) is 3.25. The zero-order valence-corrected chi connectivity index (χ0v) is 18.4. The van der Waals surface area contributed by atoms with Crippen LogP contribution in [-0.4, -0.2) is 47.9 Å². The van der Waals surface area contributed by atoms with Gasteiger partial charge >= 0.3 is 0 Å². The van der Waals surface area contributed by atoms with Gasteiger partial charge in [-0.2, -0.15) is 0 Å². The molecule has 1 aromatic heterocycles. The number of hydrogen-bond donors (Lipinski definition) is 2. The molecule has 160 valence electrons. The minimum Gasteiger partial charge on any atom is -0.378 e. The van der Waals surface area contributed by atoms with Crippen LogP contribution in [0.3, 0.4) is 0 Å². The highest BCUT2D eigenvalue weighted by atomic mass is 16.5. The summed E-state index contributed by atoms with van der Waals surface area (Å²) in [5.74, 6) is 2.44. The molecule has 1 heterocycles. The first kappa shape index (κ1) is 22.9. The largest absolute Gasteiger partial charge is 0.378 e. The molecular weight excluding hydrogens is 362 g/mol. The van der Waals surface area contributed by atoms with Crippen molar-refractivity contribution in [2.45, 2.75) is 53.2 Å². The quantitative estimate of drug-likeness (QED) is 0.424. The maximum absolute atomic E-state index is 5.82. The third kappa shape index (κ3) is 8.28. The third-order valence-corrected chi connectivity index (χ3v) is 4.79. The number of benzene rings is 1. The van der Waals surface area contributed by atoms with E-state index in [4.69, 9.17) is 9.73 Å². The zero-order chi connectivity index (χ0) is 20.9. The number of nitrogens with zero attached hydrogens (tertiary/aromatic N) is 3. The van der Waals surface area contributed by atoms with Gasteiger partial charge in [0.25, 0.3) is 0 Å². The first-order chi connectivity index (χ1) is 14.1. The van der Waals surface area contributed by atoms with Crippen molar-refractivity contribution in [3.05, 3.63) is 54.1 Å². The molecule has 2 aromatic rings. The lowest BCUT2D eigenvalue weighted by Gasteiger charge is -2.20. The van der Waals surface area contributed by atoms with Gasteiger partial charge in [0, 0.05) is 51.6 Å². The van der Waals surface area contributed by atoms with Crippen LogP contribution in [0.25, 0.3) is 0 Å². The maximum Gasteiger partial charge on any atom is 0.191 e. The van der Waals surface area contributed by atoms with E-state index >= 15 is 0 Å². The molecule has 0 spiro atoms. The van der Waals surface area contributed by atoms with Gasteiger partial charge in [0.05, 0.1) is 6.10 Å². The summed E-state index contributed by atoms with van der Waals surface area (Å²) >= 11 is 0. The normalized spacial score (nSPS) is 12.9. The summed E-state index contributed by atoms with van der Waals surface area (Å²) in [7, 11) is 0. The van der Waals surface area contributed by atoms with E-state index in [1.165, 1.54) is 5.56 Å². The van der Waals surface area contributed by atoms with Crippen molar-refractivity contribution in [3.63, 3.8) is 0 Å². The van der Waals surface area contributed by atoms with Gasteiger partial charge < -0.3 is 19.9 Å². The highest BCUT2D eigenvalue weighted by Crippen LogP contribution is 2.10. The Morgan fingerprint density at radius 2 is 1.97 bits per heavy atom. The average Bonchev–Trinajstić information content (AvgIpc) is 3.15. The van der Waals surface area contributed by atoms with Crippen LogP contribution in [0.15, 0.2) is 47.7 Å². The molecule has 1 atom stereocenters. The molecule has 0 amide bonds. The number of aliphatic imine (C=N–C) groups is 1. The van der Waals surface area contributed by atoms with E-state index in [9.17, 15) is 0 Å². The predicted octanol–water partition coefficient (Wildman–Crippen LogP) is 3.48. The molecular formula is C23H37N5O. The summed E-state index contributed by atoms with van der Waals surface area (Å²) in [5, 5.41) is 6.75. The number of imidazole rings is 1. The molecule has 0 saturated carbocycles. The molecule has 0 aliphatic carbocycles. The number of nitrogens with one attached hydrogen (secondary N) is 2. The Balaban J connectivity index is 1.84. The topological polar surface area (TPSA) is 63.5 Å². The molecule has 0 radical (unpaired) electrons. The van der Waals surface area contributed by atoms with Crippen LogP contribution in [0.4, 0.5) is 0 Å². The van der Waals surface area contributed by atoms with Gasteiger partial charge in [-0.25, -0.2) is 4.98 Å². The van der Waals surface area contributed by atoms with Gasteiger partial charge in [0.2, 0.25) is 0 Å². The summed E-state index contributed by atoms with van der Waals surface area (Å²) in [6.45, 7) is 12.5. The number of aromatic nitrogens is 2. The molecule has 1 unspecified atom stereocenters. The van der Waals surface area contributed by atoms with Crippen molar-refractivity contribution in [1.82, 2.24) is 20.2 Å². The summed E-state index contributed by atoms with van der Waals surface area (Å²) in [6.07, 6.45) is 5.96. The minimum atomic E-state index is 0.261. The van der Waals surface area contributed by atoms with Gasteiger partial charge in [-0.05, 0) is 31.7 Å². The lowest BCUT2D eigenvalue weighted by Crippen LogP contribution is -2.38. The third-order valence-electron chi connectivity index (χ3n) is 4.79. The lowest BCUT2D eigenvalue weighted by atomic mass is 10.0. The molecule has 0 bridgehead atoms. The molecule has 2 N–H and O–H groups in total. The van der Waals surface area contributed by atoms with Gasteiger partial charge in [-0.1, -0.05) is 44.2 Å². The van der Waals surface area contributed by atoms with Crippen molar-refractivity contribution in [1.29, 1.82) is 0 Å². The van der Waals surface area contributed by atoms with Crippen LogP contribution in [0.1, 0.15) is 45.5 Å². The second-order valence-electron chi connectivity index (χ2n) is 7.42. The Bertz CT molecular complexity index is 711. The summed E-state index contributed by atoms with van der Waals surface area (Å²) in [4.78, 5) is 9.24. The molecule has 0 aliphatic heterocycles. The molecule has 6 heteroatoms. The molecule has 2 rings (SSSR count). The maximum atomic E-state index is 5.82. The monoisotopic (exact) mass is 399 g/mol. The fraction of sp³-hybridized carbons (Fsp3) is 0.565. The SMILES string of the molecule is CCNC(=NCCC(OCC)C(C)C)NCCc1nccn1Cc1ccccc1. The fourth-order valence-electron chi connectivity index (χ4n) is 3.25. The first-order valence-electron chi connectivity index (χ1n) is 10.8. The van der Waals surface area contributed by atoms with Crippen LogP contribution in [0, 0.1) is 5.92 Å². The van der Waals surface area contributed by atoms with Crippen molar-refractivity contribution in [2.75, 3.05) is 26.2 Å². The standard InChI is InChI=1S/C23H37N5O/c1-5-24-23(26-14-12-21(19(3)4)29-6-2)27-15-13-22-25-16-17-28(22)18-20-10-8-7-9-11-20/h7-11,16-17,19,21H,5-6,12-15,18H2,1-4H3,(H2,24,26,27). The number of guanidine groups is 1. The Kier molecular flexibility index (Phi) is 10.3. The van der Waals surface area contributed by atoms with Crippen LogP contribution >= 0.6 is 0 Å². The van der Waals surface area contributed by atoms with Gasteiger partial charge in [0.15, 0.2) is 5.96 Å². The second-order valence-corrected chi connectivity index (χ2v) is 7.42. The number of ether oxygens (including phenoxy) is 1. The molecule has 0 aliphatic rings. The summed E-state index contributed by atoms with van der Waals surface area (Å²) < 4.78 is 8.02. The van der Waals surface area contributed by atoms with Crippen LogP contribution in [-0.2, 0) is 17.7 Å². The highest BCUT2D eigenvalue weighted by Gasteiger charge is 2.12. The summed E-state index contributed by atoms with van der Waals surface area (Å²) in [6, 6.07) is 10.5. The highest BCUT2D eigenvalue weighted by molar-refractivity contribution is 5.79. The van der Waals surface area contributed by atoms with Crippen LogP contribution in [0.5, 0.6) is 0 Å². The van der Waals surface area contributed by atoms with Gasteiger partial charge in [0.1, 0.15) is 5.82 Å². The number of rotatable bonds is 12. The van der Waals surface area contributed by atoms with Gasteiger partial charge in [-0.3, -0.25) is 4.99 Å². The van der Waals surface area contributed by atoms with Crippen molar-refractivity contribution in [3.8, 4) is 0 Å². The second kappa shape index (κ2) is 13.0. The zero-order valence-electron chi connectivity index (χ0n) is 18.4. The Labute approximate surface area is 175 Å². The summed E-state index contributed by atoms with van der Waals surface area (Å²) in [5.41, 5.74) is 1.28. The minimum absolute atomic E-state index is 0.261. The van der Waals surface area contributed by atoms with E-state index in [2.05, 4.69) is 65.2 Å². The average molecular weight is 400 g/mol. The molecule has 0 fully saturated rings. The lowest BCUT2D eigenvalue weighted by molar-refractivity contribution is 0.0266. The van der Waals surface area contributed by atoms with Gasteiger partial charge in [-0.15, -0.1) is 0 Å². The van der Waals surface area contributed by atoms with Crippen molar-refractivity contribution >= 4 is 5.96 Å².